The minimum atomic E-state index is -1.06. The van der Waals surface area contributed by atoms with Gasteiger partial charge >= 0.3 is 5.97 Å². The summed E-state index contributed by atoms with van der Waals surface area (Å²) < 4.78 is 3.14. The summed E-state index contributed by atoms with van der Waals surface area (Å²) in [6.07, 6.45) is 4.77. The maximum Gasteiger partial charge on any atom is 0.341 e. The van der Waals surface area contributed by atoms with Gasteiger partial charge in [-0.15, -0.1) is 0 Å². The summed E-state index contributed by atoms with van der Waals surface area (Å²) >= 11 is 12.1. The van der Waals surface area contributed by atoms with E-state index in [1.54, 1.807) is 47.3 Å². The van der Waals surface area contributed by atoms with Crippen molar-refractivity contribution in [3.05, 3.63) is 64.5 Å². The second-order valence-electron chi connectivity index (χ2n) is 4.28. The Morgan fingerprint density at radius 3 is 2.52 bits per heavy atom. The number of carboxylic acid groups (broad SMARTS) is 1. The zero-order chi connectivity index (χ0) is 15.0. The van der Waals surface area contributed by atoms with Gasteiger partial charge in [0.2, 0.25) is 0 Å². The van der Waals surface area contributed by atoms with Gasteiger partial charge in [-0.05, 0) is 30.3 Å². The lowest BCUT2D eigenvalue weighted by Gasteiger charge is -2.11. The van der Waals surface area contributed by atoms with E-state index in [2.05, 4.69) is 5.10 Å². The van der Waals surface area contributed by atoms with Crippen molar-refractivity contribution in [3.8, 4) is 11.5 Å². The molecule has 0 aliphatic heterocycles. The molecule has 7 heteroatoms. The number of rotatable bonds is 3. The molecule has 1 aromatic carbocycles. The van der Waals surface area contributed by atoms with E-state index < -0.39 is 5.97 Å². The van der Waals surface area contributed by atoms with E-state index in [-0.39, 0.29) is 5.56 Å². The van der Waals surface area contributed by atoms with Crippen LogP contribution in [0.3, 0.4) is 0 Å². The van der Waals surface area contributed by atoms with Crippen LogP contribution in [0.4, 0.5) is 0 Å². The maximum absolute atomic E-state index is 11.4. The van der Waals surface area contributed by atoms with Gasteiger partial charge < -0.3 is 9.67 Å². The Morgan fingerprint density at radius 1 is 1.19 bits per heavy atom. The summed E-state index contributed by atoms with van der Waals surface area (Å²) in [6.45, 7) is 0. The largest absolute Gasteiger partial charge is 0.477 e. The van der Waals surface area contributed by atoms with Crippen molar-refractivity contribution in [2.45, 2.75) is 0 Å². The fourth-order valence-corrected chi connectivity index (χ4v) is 2.53. The average Bonchev–Trinajstić information content (AvgIpc) is 3.06. The van der Waals surface area contributed by atoms with Crippen LogP contribution >= 0.6 is 23.2 Å². The minimum Gasteiger partial charge on any atom is -0.477 e. The predicted molar refractivity (Wildman–Crippen MR) is 79.9 cm³/mol. The van der Waals surface area contributed by atoms with Crippen LogP contribution in [0.2, 0.25) is 10.0 Å². The molecular weight excluding hydrogens is 313 g/mol. The molecule has 0 saturated heterocycles. The molecule has 0 amide bonds. The van der Waals surface area contributed by atoms with Gasteiger partial charge in [0.15, 0.2) is 5.82 Å². The van der Waals surface area contributed by atoms with Crippen molar-refractivity contribution < 1.29 is 9.90 Å². The third-order valence-electron chi connectivity index (χ3n) is 2.96. The number of hydrogen-bond acceptors (Lipinski definition) is 2. The molecular formula is C14H9Cl2N3O2. The van der Waals surface area contributed by atoms with Gasteiger partial charge in [-0.2, -0.15) is 5.10 Å². The maximum atomic E-state index is 11.4. The Balaban J connectivity index is 2.26. The summed E-state index contributed by atoms with van der Waals surface area (Å²) in [7, 11) is 0. The number of benzene rings is 1. The number of aromatic carboxylic acids is 1. The van der Waals surface area contributed by atoms with E-state index in [0.717, 1.165) is 0 Å². The van der Waals surface area contributed by atoms with Gasteiger partial charge in [0, 0.05) is 17.4 Å². The molecule has 2 aromatic heterocycles. The molecule has 0 atom stereocenters. The van der Waals surface area contributed by atoms with Crippen molar-refractivity contribution in [2.75, 3.05) is 0 Å². The van der Waals surface area contributed by atoms with Gasteiger partial charge in [-0.3, -0.25) is 0 Å². The van der Waals surface area contributed by atoms with E-state index >= 15 is 0 Å². The standard InChI is InChI=1S/C14H9Cl2N3O2/c15-9-3-4-12(11(16)7-9)19-13(18-5-1-2-6-18)10(8-17-19)14(20)21/h1-8H,(H,20,21). The summed E-state index contributed by atoms with van der Waals surface area (Å²) in [4.78, 5) is 11.4. The van der Waals surface area contributed by atoms with Gasteiger partial charge in [0.05, 0.1) is 16.9 Å². The van der Waals surface area contributed by atoms with E-state index in [1.807, 2.05) is 0 Å². The van der Waals surface area contributed by atoms with Crippen molar-refractivity contribution in [3.63, 3.8) is 0 Å². The average molecular weight is 322 g/mol. The van der Waals surface area contributed by atoms with Gasteiger partial charge in [0.25, 0.3) is 0 Å². The van der Waals surface area contributed by atoms with Gasteiger partial charge in [0.1, 0.15) is 5.56 Å². The topological polar surface area (TPSA) is 60.0 Å². The number of carbonyl (C=O) groups is 1. The minimum absolute atomic E-state index is 0.0808. The Labute approximate surface area is 129 Å². The van der Waals surface area contributed by atoms with Gasteiger partial charge in [-0.25, -0.2) is 9.48 Å². The smallest absolute Gasteiger partial charge is 0.341 e. The van der Waals surface area contributed by atoms with Crippen molar-refractivity contribution in [1.29, 1.82) is 0 Å². The summed E-state index contributed by atoms with van der Waals surface area (Å²) in [6, 6.07) is 8.54. The third-order valence-corrected chi connectivity index (χ3v) is 3.50. The van der Waals surface area contributed by atoms with Crippen LogP contribution in [0.15, 0.2) is 48.9 Å². The fraction of sp³-hybridized carbons (Fsp3) is 0. The molecule has 0 unspecified atom stereocenters. The van der Waals surface area contributed by atoms with E-state index in [1.165, 1.54) is 10.9 Å². The molecule has 2 heterocycles. The molecule has 0 fully saturated rings. The quantitative estimate of drug-likeness (QED) is 0.800. The van der Waals surface area contributed by atoms with Gasteiger partial charge in [-0.1, -0.05) is 23.2 Å². The third kappa shape index (κ3) is 2.41. The molecule has 3 rings (SSSR count). The van der Waals surface area contributed by atoms with Crippen LogP contribution in [0.1, 0.15) is 10.4 Å². The lowest BCUT2D eigenvalue weighted by atomic mass is 10.3. The first-order valence-electron chi connectivity index (χ1n) is 5.98. The molecule has 0 radical (unpaired) electrons. The second kappa shape index (κ2) is 5.27. The number of nitrogens with zero attached hydrogens (tertiary/aromatic N) is 3. The molecule has 106 valence electrons. The van der Waals surface area contributed by atoms with Crippen LogP contribution < -0.4 is 0 Å². The second-order valence-corrected chi connectivity index (χ2v) is 5.13. The van der Waals surface area contributed by atoms with Crippen LogP contribution in [0, 0.1) is 0 Å². The highest BCUT2D eigenvalue weighted by atomic mass is 35.5. The molecule has 0 bridgehead atoms. The van der Waals surface area contributed by atoms with E-state index in [9.17, 15) is 9.90 Å². The normalized spacial score (nSPS) is 10.8. The molecule has 0 aliphatic carbocycles. The van der Waals surface area contributed by atoms with Crippen molar-refractivity contribution in [1.82, 2.24) is 14.3 Å². The number of hydrogen-bond donors (Lipinski definition) is 1. The Bertz CT molecular complexity index is 810. The molecule has 0 aliphatic rings. The Morgan fingerprint density at radius 2 is 1.90 bits per heavy atom. The number of aromatic nitrogens is 3. The van der Waals surface area contributed by atoms with E-state index in [4.69, 9.17) is 23.2 Å². The first-order valence-corrected chi connectivity index (χ1v) is 6.73. The molecule has 21 heavy (non-hydrogen) atoms. The first-order chi connectivity index (χ1) is 10.1. The molecule has 0 saturated carbocycles. The Hall–Kier alpha value is -2.24. The predicted octanol–water partition coefficient (Wildman–Crippen LogP) is 3.67. The monoisotopic (exact) mass is 321 g/mol. The highest BCUT2D eigenvalue weighted by Crippen LogP contribution is 2.27. The van der Waals surface area contributed by atoms with Crippen molar-refractivity contribution >= 4 is 29.2 Å². The molecule has 0 spiro atoms. The van der Waals surface area contributed by atoms with Crippen LogP contribution in [-0.4, -0.2) is 25.4 Å². The van der Waals surface area contributed by atoms with E-state index in [0.29, 0.717) is 21.6 Å². The highest BCUT2D eigenvalue weighted by molar-refractivity contribution is 6.35. The van der Waals surface area contributed by atoms with Crippen LogP contribution in [0.25, 0.3) is 11.5 Å². The Kier molecular flexibility index (Phi) is 3.45. The SMILES string of the molecule is O=C(O)c1cnn(-c2ccc(Cl)cc2Cl)c1-n1cccc1. The molecule has 1 N–H and O–H groups in total. The number of carboxylic acids is 1. The fourth-order valence-electron chi connectivity index (χ4n) is 2.05. The lowest BCUT2D eigenvalue weighted by molar-refractivity contribution is 0.0697. The summed E-state index contributed by atoms with van der Waals surface area (Å²) in [5, 5.41) is 14.3. The lowest BCUT2D eigenvalue weighted by Crippen LogP contribution is -2.08. The highest BCUT2D eigenvalue weighted by Gasteiger charge is 2.20. The van der Waals surface area contributed by atoms with Crippen molar-refractivity contribution in [2.24, 2.45) is 0 Å². The van der Waals surface area contributed by atoms with Crippen LogP contribution in [0.5, 0.6) is 0 Å². The molecule has 5 nitrogen and oxygen atoms in total. The first kappa shape index (κ1) is 13.7. The zero-order valence-electron chi connectivity index (χ0n) is 10.6. The summed E-state index contributed by atoms with van der Waals surface area (Å²) in [5.41, 5.74) is 0.634. The van der Waals surface area contributed by atoms with Crippen LogP contribution in [-0.2, 0) is 0 Å². The summed E-state index contributed by atoms with van der Waals surface area (Å²) in [5.74, 6) is -0.660. The zero-order valence-corrected chi connectivity index (χ0v) is 12.1. The number of halogens is 2. The molecule has 3 aromatic rings.